The van der Waals surface area contributed by atoms with Crippen LogP contribution in [0.4, 0.5) is 5.00 Å². The molecule has 2 atom stereocenters. The molecule has 5 nitrogen and oxygen atoms in total. The van der Waals surface area contributed by atoms with Crippen molar-refractivity contribution in [2.45, 2.75) is 46.2 Å². The normalized spacial score (nSPS) is 20.3. The van der Waals surface area contributed by atoms with Crippen LogP contribution < -0.4 is 5.32 Å². The van der Waals surface area contributed by atoms with E-state index in [-0.39, 0.29) is 5.91 Å². The quantitative estimate of drug-likeness (QED) is 0.708. The topological polar surface area (TPSA) is 58.1 Å². The highest BCUT2D eigenvalue weighted by atomic mass is 32.1. The van der Waals surface area contributed by atoms with Crippen molar-refractivity contribution in [1.82, 2.24) is 14.9 Å². The molecule has 7 heteroatoms. The fourth-order valence-corrected chi connectivity index (χ4v) is 6.34. The standard InChI is InChI=1S/C19H22N4OS2/c1-5-23-10(2)8-13-16(18(21-12(4)24)26-17(13)11(23)3)19-22-14-9-20-7-6-15(14)25-19/h6-7,9-11H,5,8H2,1-4H3,(H,21,24)/t10-,11+/m1/s1. The Balaban J connectivity index is 1.91. The van der Waals surface area contributed by atoms with E-state index >= 15 is 0 Å². The second-order valence-corrected chi connectivity index (χ2v) is 8.84. The van der Waals surface area contributed by atoms with E-state index in [0.29, 0.717) is 12.1 Å². The van der Waals surface area contributed by atoms with Crippen LogP contribution in [0.5, 0.6) is 0 Å². The molecule has 0 unspecified atom stereocenters. The lowest BCUT2D eigenvalue weighted by molar-refractivity contribution is -0.114. The van der Waals surface area contributed by atoms with Crippen LogP contribution in [0.3, 0.4) is 0 Å². The molecule has 136 valence electrons. The lowest BCUT2D eigenvalue weighted by Crippen LogP contribution is -2.40. The van der Waals surface area contributed by atoms with E-state index in [1.807, 2.05) is 6.07 Å². The number of amides is 1. The smallest absolute Gasteiger partial charge is 0.221 e. The van der Waals surface area contributed by atoms with Crippen LogP contribution in [0.15, 0.2) is 18.5 Å². The van der Waals surface area contributed by atoms with Crippen molar-refractivity contribution < 1.29 is 4.79 Å². The molecule has 0 aliphatic carbocycles. The molecule has 0 saturated heterocycles. The van der Waals surface area contributed by atoms with Crippen molar-refractivity contribution in [2.24, 2.45) is 0 Å². The first-order valence-corrected chi connectivity index (χ1v) is 10.5. The van der Waals surface area contributed by atoms with Crippen LogP contribution in [-0.2, 0) is 11.2 Å². The third-order valence-corrected chi connectivity index (χ3v) is 7.41. The Bertz CT molecular complexity index is 944. The van der Waals surface area contributed by atoms with Gasteiger partial charge in [0, 0.05) is 35.6 Å². The number of hydrogen-bond donors (Lipinski definition) is 1. The van der Waals surface area contributed by atoms with Crippen molar-refractivity contribution in [3.63, 3.8) is 0 Å². The number of thiazole rings is 1. The zero-order valence-corrected chi connectivity index (χ0v) is 17.0. The molecular formula is C19H22N4OS2. The lowest BCUT2D eigenvalue weighted by Gasteiger charge is -2.38. The molecule has 0 bridgehead atoms. The zero-order chi connectivity index (χ0) is 18.4. The van der Waals surface area contributed by atoms with E-state index in [2.05, 4.69) is 36.0 Å². The van der Waals surface area contributed by atoms with Crippen molar-refractivity contribution in [3.8, 4) is 10.6 Å². The highest BCUT2D eigenvalue weighted by molar-refractivity contribution is 7.23. The molecular weight excluding hydrogens is 364 g/mol. The van der Waals surface area contributed by atoms with Gasteiger partial charge in [-0.05, 0) is 38.4 Å². The fraction of sp³-hybridized carbons (Fsp3) is 0.421. The van der Waals surface area contributed by atoms with Crippen LogP contribution in [0.25, 0.3) is 20.8 Å². The Hall–Kier alpha value is -1.83. The number of hydrogen-bond acceptors (Lipinski definition) is 6. The van der Waals surface area contributed by atoms with Crippen molar-refractivity contribution in [1.29, 1.82) is 0 Å². The van der Waals surface area contributed by atoms with Crippen LogP contribution in [0, 0.1) is 0 Å². The number of carbonyl (C=O) groups excluding carboxylic acids is 1. The molecule has 4 heterocycles. The van der Waals surface area contributed by atoms with Crippen LogP contribution in [-0.4, -0.2) is 33.4 Å². The zero-order valence-electron chi connectivity index (χ0n) is 15.4. The molecule has 0 fully saturated rings. The number of fused-ring (bicyclic) bond motifs is 2. The molecule has 4 rings (SSSR count). The minimum absolute atomic E-state index is 0.0410. The first-order valence-electron chi connectivity index (χ1n) is 8.89. The molecule has 26 heavy (non-hydrogen) atoms. The van der Waals surface area contributed by atoms with Gasteiger partial charge in [0.25, 0.3) is 0 Å². The predicted octanol–water partition coefficient (Wildman–Crippen LogP) is 4.71. The van der Waals surface area contributed by atoms with E-state index in [1.54, 1.807) is 42.0 Å². The maximum atomic E-state index is 11.8. The van der Waals surface area contributed by atoms with Gasteiger partial charge in [-0.1, -0.05) is 6.92 Å². The summed E-state index contributed by atoms with van der Waals surface area (Å²) in [7, 11) is 0. The van der Waals surface area contributed by atoms with E-state index in [0.717, 1.165) is 38.8 Å². The summed E-state index contributed by atoms with van der Waals surface area (Å²) in [5.41, 5.74) is 3.36. The molecule has 0 spiro atoms. The number of carbonyl (C=O) groups is 1. The monoisotopic (exact) mass is 386 g/mol. The van der Waals surface area contributed by atoms with Gasteiger partial charge in [0.2, 0.25) is 5.91 Å². The number of nitrogens with zero attached hydrogens (tertiary/aromatic N) is 3. The summed E-state index contributed by atoms with van der Waals surface area (Å²) in [6, 6.07) is 2.82. The molecule has 0 aromatic carbocycles. The van der Waals surface area contributed by atoms with Gasteiger partial charge >= 0.3 is 0 Å². The number of pyridine rings is 1. The van der Waals surface area contributed by atoms with Gasteiger partial charge in [-0.2, -0.15) is 0 Å². The molecule has 1 amide bonds. The third-order valence-electron chi connectivity index (χ3n) is 5.04. The molecule has 1 aliphatic heterocycles. The van der Waals surface area contributed by atoms with Gasteiger partial charge in [-0.3, -0.25) is 14.7 Å². The van der Waals surface area contributed by atoms with Crippen molar-refractivity contribution in [2.75, 3.05) is 11.9 Å². The van der Waals surface area contributed by atoms with Gasteiger partial charge in [0.05, 0.1) is 10.9 Å². The summed E-state index contributed by atoms with van der Waals surface area (Å²) >= 11 is 3.37. The maximum Gasteiger partial charge on any atom is 0.221 e. The number of thiophene rings is 1. The van der Waals surface area contributed by atoms with Gasteiger partial charge in [-0.15, -0.1) is 22.7 Å². The molecule has 3 aromatic heterocycles. The fourth-order valence-electron chi connectivity index (χ4n) is 3.91. The minimum Gasteiger partial charge on any atom is -0.317 e. The summed E-state index contributed by atoms with van der Waals surface area (Å²) in [4.78, 5) is 24.7. The number of anilines is 1. The molecule has 1 N–H and O–H groups in total. The average molecular weight is 387 g/mol. The molecule has 1 aliphatic rings. The highest BCUT2D eigenvalue weighted by Crippen LogP contribution is 2.49. The molecule has 0 radical (unpaired) electrons. The molecule has 0 saturated carbocycles. The van der Waals surface area contributed by atoms with Gasteiger partial charge in [0.15, 0.2) is 0 Å². The SMILES string of the molecule is CCN1[C@H](C)Cc2c(sc(NC(C)=O)c2-c2nc3cnccc3s2)[C@@H]1C. The van der Waals surface area contributed by atoms with Crippen LogP contribution in [0.2, 0.25) is 0 Å². The van der Waals surface area contributed by atoms with E-state index in [9.17, 15) is 4.79 Å². The first kappa shape index (κ1) is 17.6. The summed E-state index contributed by atoms with van der Waals surface area (Å²) in [5, 5.41) is 4.95. The second kappa shape index (κ2) is 6.72. The first-order chi connectivity index (χ1) is 12.5. The minimum atomic E-state index is -0.0410. The Kier molecular flexibility index (Phi) is 4.54. The van der Waals surface area contributed by atoms with E-state index in [1.165, 1.54) is 10.4 Å². The van der Waals surface area contributed by atoms with E-state index in [4.69, 9.17) is 4.98 Å². The number of likely N-dealkylation sites (N-methyl/N-ethyl adjacent to an activating group) is 1. The Morgan fingerprint density at radius 3 is 2.88 bits per heavy atom. The number of nitrogens with one attached hydrogen (secondary N) is 1. The van der Waals surface area contributed by atoms with Crippen molar-refractivity contribution >= 4 is 43.8 Å². The summed E-state index contributed by atoms with van der Waals surface area (Å²) in [5.74, 6) is -0.0410. The van der Waals surface area contributed by atoms with Crippen molar-refractivity contribution in [3.05, 3.63) is 28.9 Å². The largest absolute Gasteiger partial charge is 0.317 e. The Morgan fingerprint density at radius 2 is 2.19 bits per heavy atom. The summed E-state index contributed by atoms with van der Waals surface area (Å²) in [6.07, 6.45) is 4.58. The van der Waals surface area contributed by atoms with Crippen LogP contribution >= 0.6 is 22.7 Å². The Morgan fingerprint density at radius 1 is 1.38 bits per heavy atom. The lowest BCUT2D eigenvalue weighted by atomic mass is 9.93. The van der Waals surface area contributed by atoms with Gasteiger partial charge in [-0.25, -0.2) is 4.98 Å². The summed E-state index contributed by atoms with van der Waals surface area (Å²) < 4.78 is 1.12. The summed E-state index contributed by atoms with van der Waals surface area (Å²) in [6.45, 7) is 9.34. The highest BCUT2D eigenvalue weighted by Gasteiger charge is 2.34. The number of rotatable bonds is 3. The Labute approximate surface area is 161 Å². The molecule has 3 aromatic rings. The van der Waals surface area contributed by atoms with E-state index < -0.39 is 0 Å². The number of aromatic nitrogens is 2. The average Bonchev–Trinajstić information content (AvgIpc) is 3.15. The van der Waals surface area contributed by atoms with Gasteiger partial charge < -0.3 is 5.32 Å². The maximum absolute atomic E-state index is 11.8. The third kappa shape index (κ3) is 2.84. The van der Waals surface area contributed by atoms with Gasteiger partial charge in [0.1, 0.15) is 15.5 Å². The predicted molar refractivity (Wildman–Crippen MR) is 109 cm³/mol. The van der Waals surface area contributed by atoms with Crippen LogP contribution in [0.1, 0.15) is 44.2 Å². The second-order valence-electron chi connectivity index (χ2n) is 6.75.